The van der Waals surface area contributed by atoms with Crippen LogP contribution in [0.25, 0.3) is 21.9 Å². The molecule has 0 saturated heterocycles. The standard InChI is InChI=1S/C14H11S.C9H13.C2H6Si.Zr/c1-10-8-11-4-2-3-5-13(11)14(10)12-6-7-15-9-12;1-6-5-7(2)9(4)8(6)3;1-3-2;/h2-9H,1H3;6H,1-4H3;1-2H3;/q2*-1;;+2. The van der Waals surface area contributed by atoms with E-state index < -0.39 is 0 Å². The van der Waals surface area contributed by atoms with Gasteiger partial charge in [0.25, 0.3) is 0 Å². The maximum atomic E-state index is 3.36. The molecule has 1 atom stereocenters. The maximum Gasteiger partial charge on any atom is -0.00956 e. The molecule has 1 aliphatic carbocycles. The van der Waals surface area contributed by atoms with Gasteiger partial charge in [-0.15, -0.1) is 53.1 Å². The summed E-state index contributed by atoms with van der Waals surface area (Å²) < 4.78 is 0. The van der Waals surface area contributed by atoms with Crippen LogP contribution >= 0.6 is 11.3 Å². The van der Waals surface area contributed by atoms with Crippen LogP contribution in [0.3, 0.4) is 0 Å². The van der Waals surface area contributed by atoms with Gasteiger partial charge in [0.1, 0.15) is 0 Å². The topological polar surface area (TPSA) is 0 Å². The van der Waals surface area contributed by atoms with E-state index in [1.54, 1.807) is 34.7 Å². The van der Waals surface area contributed by atoms with Gasteiger partial charge in [-0.2, -0.15) is 22.5 Å². The van der Waals surface area contributed by atoms with E-state index in [0.29, 0.717) is 5.92 Å². The van der Waals surface area contributed by atoms with E-state index in [1.807, 2.05) is 0 Å². The number of allylic oxidation sites excluding steroid dienone is 4. The van der Waals surface area contributed by atoms with Gasteiger partial charge in [-0.05, 0) is 10.8 Å². The van der Waals surface area contributed by atoms with E-state index in [4.69, 9.17) is 0 Å². The molecule has 0 bridgehead atoms. The summed E-state index contributed by atoms with van der Waals surface area (Å²) in [6, 6.07) is 13.0. The van der Waals surface area contributed by atoms with Crippen LogP contribution in [-0.4, -0.2) is 5.43 Å². The Hall–Kier alpha value is -0.890. The van der Waals surface area contributed by atoms with Crippen LogP contribution < -0.4 is 0 Å². The molecule has 2 aromatic carbocycles. The van der Waals surface area contributed by atoms with E-state index in [-0.39, 0.29) is 5.43 Å². The first-order valence-electron chi connectivity index (χ1n) is 9.69. The molecule has 1 unspecified atom stereocenters. The summed E-state index contributed by atoms with van der Waals surface area (Å²) in [4.78, 5) is 0. The SMILES string of the molecule is CC1=[C-]C(C)C(C)=C1C.C[Si](C)=[Zr+2].Cc1[cH-]c2ccccc2c1-c1ccsc1. The van der Waals surface area contributed by atoms with Gasteiger partial charge < -0.3 is 0 Å². The van der Waals surface area contributed by atoms with Crippen molar-refractivity contribution in [2.75, 3.05) is 0 Å². The molecule has 4 rings (SSSR count). The van der Waals surface area contributed by atoms with Crippen molar-refractivity contribution in [1.29, 1.82) is 0 Å². The van der Waals surface area contributed by atoms with E-state index in [0.717, 1.165) is 0 Å². The Balaban J connectivity index is 0.000000184. The number of fused-ring (bicyclic) bond motifs is 1. The first kappa shape index (κ1) is 23.4. The molecule has 1 aliphatic rings. The molecule has 0 N–H and O–H groups in total. The van der Waals surface area contributed by atoms with Gasteiger partial charge in [0.15, 0.2) is 0 Å². The van der Waals surface area contributed by atoms with Crippen LogP contribution in [0.4, 0.5) is 0 Å². The summed E-state index contributed by atoms with van der Waals surface area (Å²) in [6.45, 7) is 15.5. The quantitative estimate of drug-likeness (QED) is 0.243. The summed E-state index contributed by atoms with van der Waals surface area (Å²) in [7, 11) is 0. The number of rotatable bonds is 1. The number of hydrogen-bond donors (Lipinski definition) is 0. The second-order valence-electron chi connectivity index (χ2n) is 7.60. The van der Waals surface area contributed by atoms with Gasteiger partial charge in [-0.1, -0.05) is 51.3 Å². The predicted octanol–water partition coefficient (Wildman–Crippen LogP) is 8.10. The number of hydrogen-bond acceptors (Lipinski definition) is 1. The zero-order valence-electron chi connectivity index (χ0n) is 18.1. The smallest absolute Gasteiger partial charge is 0.00956 e. The first-order chi connectivity index (χ1) is 13.2. The van der Waals surface area contributed by atoms with Crippen LogP contribution in [0.5, 0.6) is 0 Å². The summed E-state index contributed by atoms with van der Waals surface area (Å²) in [6.07, 6.45) is 3.36. The molecule has 0 nitrogen and oxygen atoms in total. The molecule has 28 heavy (non-hydrogen) atoms. The van der Waals surface area contributed by atoms with Gasteiger partial charge >= 0.3 is 41.9 Å². The largest absolute Gasteiger partial charge is 0.153 e. The van der Waals surface area contributed by atoms with Crippen molar-refractivity contribution >= 4 is 27.5 Å². The minimum Gasteiger partial charge on any atom is -0.153 e. The van der Waals surface area contributed by atoms with Crippen molar-refractivity contribution in [2.24, 2.45) is 5.92 Å². The van der Waals surface area contributed by atoms with Crippen LogP contribution in [0.2, 0.25) is 13.1 Å². The monoisotopic (exact) mass is 480 g/mol. The molecule has 3 heteroatoms. The minimum absolute atomic E-state index is 0.210. The fourth-order valence-corrected chi connectivity index (χ4v) is 3.97. The molecule has 1 heterocycles. The maximum absolute atomic E-state index is 3.36. The van der Waals surface area contributed by atoms with Crippen molar-refractivity contribution in [3.05, 3.63) is 75.5 Å². The Kier molecular flexibility index (Phi) is 8.99. The molecule has 0 aliphatic heterocycles. The molecule has 3 aromatic rings. The molecular formula is C25H30SSiZr. The number of thiophene rings is 1. The summed E-state index contributed by atoms with van der Waals surface area (Å²) >= 11 is 3.49. The van der Waals surface area contributed by atoms with Crippen molar-refractivity contribution < 1.29 is 23.3 Å². The molecular weight excluding hydrogens is 452 g/mol. The zero-order valence-corrected chi connectivity index (χ0v) is 22.4. The van der Waals surface area contributed by atoms with Gasteiger partial charge in [0, 0.05) is 0 Å². The van der Waals surface area contributed by atoms with E-state index in [2.05, 4.69) is 101 Å². The van der Waals surface area contributed by atoms with Crippen molar-refractivity contribution in [3.8, 4) is 11.1 Å². The first-order valence-corrected chi connectivity index (χ1v) is 16.8. The molecule has 0 fully saturated rings. The molecule has 0 amide bonds. The van der Waals surface area contributed by atoms with Crippen LogP contribution in [-0.2, 0) is 23.3 Å². The van der Waals surface area contributed by atoms with Crippen LogP contribution in [0.15, 0.2) is 63.9 Å². The van der Waals surface area contributed by atoms with Crippen molar-refractivity contribution in [1.82, 2.24) is 0 Å². The van der Waals surface area contributed by atoms with E-state index in [9.17, 15) is 0 Å². The summed E-state index contributed by atoms with van der Waals surface area (Å²) in [5.41, 5.74) is 8.57. The summed E-state index contributed by atoms with van der Waals surface area (Å²) in [5, 5.41) is 7.07. The number of aryl methyl sites for hydroxylation is 1. The fourth-order valence-electron chi connectivity index (χ4n) is 3.32. The molecule has 0 spiro atoms. The van der Waals surface area contributed by atoms with Crippen LogP contribution in [0.1, 0.15) is 33.3 Å². The Morgan fingerprint density at radius 1 is 1.07 bits per heavy atom. The Labute approximate surface area is 190 Å². The molecule has 0 saturated carbocycles. The van der Waals surface area contributed by atoms with Gasteiger partial charge in [-0.3, -0.25) is 6.08 Å². The Morgan fingerprint density at radius 2 is 1.71 bits per heavy atom. The second-order valence-corrected chi connectivity index (χ2v) is 17.8. The number of benzene rings is 1. The third-order valence-electron chi connectivity index (χ3n) is 5.04. The normalized spacial score (nSPS) is 15.6. The van der Waals surface area contributed by atoms with Gasteiger partial charge in [-0.25, -0.2) is 5.57 Å². The molecule has 1 aromatic heterocycles. The van der Waals surface area contributed by atoms with E-state index in [1.165, 1.54) is 44.2 Å². The average Bonchev–Trinajstić information content (AvgIpc) is 3.31. The minimum atomic E-state index is 0.210. The Bertz CT molecular complexity index is 999. The second kappa shape index (κ2) is 10.8. The third kappa shape index (κ3) is 6.05. The Morgan fingerprint density at radius 3 is 2.18 bits per heavy atom. The average molecular weight is 482 g/mol. The van der Waals surface area contributed by atoms with Gasteiger partial charge in [0.2, 0.25) is 0 Å². The summed E-state index contributed by atoms with van der Waals surface area (Å²) in [5.74, 6) is 0.560. The fraction of sp³-hybridized carbons (Fsp3) is 0.320. The van der Waals surface area contributed by atoms with Gasteiger partial charge in [0.05, 0.1) is 0 Å². The predicted molar refractivity (Wildman–Crippen MR) is 125 cm³/mol. The van der Waals surface area contributed by atoms with Crippen LogP contribution in [0, 0.1) is 18.9 Å². The zero-order chi connectivity index (χ0) is 20.8. The third-order valence-corrected chi connectivity index (χ3v) is 5.73. The van der Waals surface area contributed by atoms with Crippen molar-refractivity contribution in [2.45, 2.75) is 47.7 Å². The van der Waals surface area contributed by atoms with E-state index >= 15 is 0 Å². The van der Waals surface area contributed by atoms with Crippen molar-refractivity contribution in [3.63, 3.8) is 0 Å². The molecule has 144 valence electrons. The molecule has 0 radical (unpaired) electrons.